The van der Waals surface area contributed by atoms with E-state index in [2.05, 4.69) is 19.2 Å². The highest BCUT2D eigenvalue weighted by atomic mass is 32.2. The number of nitrogens with one attached hydrogen (secondary N) is 1. The SMILES string of the molecule is CCCCCCCC(=O)N[C@@H](COP(=O)([O-])OCC[N+](C)(C)C)CSCCCCCC. The zero-order valence-electron chi connectivity index (χ0n) is 20.5. The van der Waals surface area contributed by atoms with E-state index in [0.717, 1.165) is 31.4 Å². The van der Waals surface area contributed by atoms with Gasteiger partial charge in [-0.3, -0.25) is 9.36 Å². The summed E-state index contributed by atoms with van der Waals surface area (Å²) in [6, 6.07) is -0.344. The molecule has 0 bridgehead atoms. The first kappa shape index (κ1) is 30.9. The van der Waals surface area contributed by atoms with Crippen LogP contribution >= 0.6 is 19.6 Å². The highest BCUT2D eigenvalue weighted by molar-refractivity contribution is 7.99. The number of phosphoric ester groups is 1. The number of likely N-dealkylation sites (N-methyl/N-ethyl adjacent to an activating group) is 1. The van der Waals surface area contributed by atoms with Gasteiger partial charge in [0.1, 0.15) is 13.2 Å². The summed E-state index contributed by atoms with van der Waals surface area (Å²) in [6.07, 6.45) is 10.6. The number of thioether (sulfide) groups is 1. The number of quaternary nitrogens is 1. The van der Waals surface area contributed by atoms with Crippen molar-refractivity contribution in [3.05, 3.63) is 0 Å². The Bertz CT molecular complexity index is 503. The van der Waals surface area contributed by atoms with E-state index in [9.17, 15) is 14.3 Å². The molecule has 0 aromatic heterocycles. The highest BCUT2D eigenvalue weighted by Gasteiger charge is 2.18. The average molecular weight is 483 g/mol. The van der Waals surface area contributed by atoms with Crippen LogP contribution < -0.4 is 10.2 Å². The Hall–Kier alpha value is -0.110. The van der Waals surface area contributed by atoms with Crippen molar-refractivity contribution < 1.29 is 27.8 Å². The molecule has 0 spiro atoms. The molecule has 2 atom stereocenters. The van der Waals surface area contributed by atoms with E-state index in [0.29, 0.717) is 23.2 Å². The van der Waals surface area contributed by atoms with E-state index in [1.54, 1.807) is 11.8 Å². The molecule has 0 aliphatic rings. The summed E-state index contributed by atoms with van der Waals surface area (Å²) in [5, 5.41) is 2.96. The van der Waals surface area contributed by atoms with Crippen molar-refractivity contribution in [1.29, 1.82) is 0 Å². The number of hydrogen-bond acceptors (Lipinski definition) is 6. The minimum Gasteiger partial charge on any atom is -0.756 e. The quantitative estimate of drug-likeness (QED) is 0.149. The third kappa shape index (κ3) is 21.5. The molecule has 0 aromatic carbocycles. The Morgan fingerprint density at radius 3 is 2.23 bits per heavy atom. The zero-order chi connectivity index (χ0) is 23.6. The molecule has 1 N–H and O–H groups in total. The summed E-state index contributed by atoms with van der Waals surface area (Å²) in [7, 11) is 1.51. The Morgan fingerprint density at radius 1 is 1.00 bits per heavy atom. The van der Waals surface area contributed by atoms with E-state index in [-0.39, 0.29) is 25.2 Å². The molecule has 31 heavy (non-hydrogen) atoms. The number of rotatable bonds is 21. The molecular formula is C22H47N2O5PS. The van der Waals surface area contributed by atoms with Crippen LogP contribution in [0.4, 0.5) is 0 Å². The summed E-state index contributed by atoms with van der Waals surface area (Å²) in [5.41, 5.74) is 0. The van der Waals surface area contributed by atoms with E-state index >= 15 is 0 Å². The van der Waals surface area contributed by atoms with Gasteiger partial charge >= 0.3 is 0 Å². The molecule has 1 amide bonds. The minimum absolute atomic E-state index is 0.0386. The van der Waals surface area contributed by atoms with Crippen molar-refractivity contribution in [3.8, 4) is 0 Å². The van der Waals surface area contributed by atoms with Crippen LogP contribution in [0, 0.1) is 0 Å². The third-order valence-corrected chi connectivity index (χ3v) is 6.96. The van der Waals surface area contributed by atoms with Crippen molar-refractivity contribution in [3.63, 3.8) is 0 Å². The van der Waals surface area contributed by atoms with Crippen LogP contribution in [0.25, 0.3) is 0 Å². The maximum absolute atomic E-state index is 12.3. The van der Waals surface area contributed by atoms with E-state index < -0.39 is 7.82 Å². The van der Waals surface area contributed by atoms with Crippen molar-refractivity contribution in [2.45, 2.75) is 84.1 Å². The standard InChI is InChI=1S/C22H47N2O5PS/c1-6-8-10-12-13-15-22(25)23-21(20-31-18-14-11-9-7-2)19-29-30(26,27)28-17-16-24(3,4)5/h21H,6-20H2,1-5H3,(H-,23,25,26,27)/t21-/m0/s1. The maximum Gasteiger partial charge on any atom is 0.268 e. The monoisotopic (exact) mass is 482 g/mol. The number of amides is 1. The topological polar surface area (TPSA) is 87.7 Å². The molecule has 0 heterocycles. The molecule has 0 rings (SSSR count). The number of phosphoric acid groups is 1. The molecule has 0 aliphatic carbocycles. The fourth-order valence-electron chi connectivity index (χ4n) is 2.82. The fraction of sp³-hybridized carbons (Fsp3) is 0.955. The van der Waals surface area contributed by atoms with Crippen LogP contribution in [0.1, 0.15) is 78.1 Å². The molecule has 1 unspecified atom stereocenters. The number of unbranched alkanes of at least 4 members (excludes halogenated alkanes) is 7. The summed E-state index contributed by atoms with van der Waals surface area (Å²) < 4.78 is 22.8. The fourth-order valence-corrected chi connectivity index (χ4v) is 4.60. The van der Waals surface area contributed by atoms with Gasteiger partial charge < -0.3 is 23.7 Å². The molecule has 9 heteroatoms. The lowest BCUT2D eigenvalue weighted by atomic mass is 10.1. The van der Waals surface area contributed by atoms with Gasteiger partial charge in [-0.05, 0) is 18.6 Å². The molecule has 0 aliphatic heterocycles. The molecule has 0 saturated carbocycles. The van der Waals surface area contributed by atoms with Gasteiger partial charge in [-0.1, -0.05) is 58.8 Å². The predicted octanol–water partition coefficient (Wildman–Crippen LogP) is 4.35. The van der Waals surface area contributed by atoms with Crippen LogP contribution in [-0.4, -0.2) is 68.8 Å². The van der Waals surface area contributed by atoms with Crippen LogP contribution in [0.3, 0.4) is 0 Å². The Balaban J connectivity index is 4.46. The van der Waals surface area contributed by atoms with Crippen molar-refractivity contribution in [2.24, 2.45) is 0 Å². The summed E-state index contributed by atoms with van der Waals surface area (Å²) in [5.74, 6) is 1.59. The van der Waals surface area contributed by atoms with Gasteiger partial charge in [0.2, 0.25) is 5.91 Å². The lowest BCUT2D eigenvalue weighted by molar-refractivity contribution is -0.870. The lowest BCUT2D eigenvalue weighted by Crippen LogP contribution is -2.40. The van der Waals surface area contributed by atoms with Gasteiger partial charge in [0, 0.05) is 12.2 Å². The highest BCUT2D eigenvalue weighted by Crippen LogP contribution is 2.38. The molecule has 0 radical (unpaired) electrons. The molecule has 186 valence electrons. The van der Waals surface area contributed by atoms with Crippen LogP contribution in [0.15, 0.2) is 0 Å². The number of hydrogen-bond donors (Lipinski definition) is 1. The van der Waals surface area contributed by atoms with E-state index in [4.69, 9.17) is 9.05 Å². The van der Waals surface area contributed by atoms with Crippen molar-refractivity contribution in [1.82, 2.24) is 5.32 Å². The summed E-state index contributed by atoms with van der Waals surface area (Å²) >= 11 is 1.73. The van der Waals surface area contributed by atoms with E-state index in [1.807, 2.05) is 21.1 Å². The van der Waals surface area contributed by atoms with Gasteiger partial charge in [0.15, 0.2) is 0 Å². The Morgan fingerprint density at radius 2 is 1.61 bits per heavy atom. The second kappa shape index (κ2) is 18.3. The average Bonchev–Trinajstić information content (AvgIpc) is 2.67. The van der Waals surface area contributed by atoms with Crippen LogP contribution in [0.5, 0.6) is 0 Å². The van der Waals surface area contributed by atoms with Crippen molar-refractivity contribution >= 4 is 25.5 Å². The predicted molar refractivity (Wildman–Crippen MR) is 129 cm³/mol. The number of nitrogens with zero attached hydrogens (tertiary/aromatic N) is 1. The van der Waals surface area contributed by atoms with Gasteiger partial charge in [-0.25, -0.2) is 0 Å². The molecule has 7 nitrogen and oxygen atoms in total. The largest absolute Gasteiger partial charge is 0.756 e. The molecular weight excluding hydrogens is 435 g/mol. The molecule has 0 aromatic rings. The van der Waals surface area contributed by atoms with Gasteiger partial charge in [0.05, 0.1) is 33.8 Å². The van der Waals surface area contributed by atoms with Crippen LogP contribution in [-0.2, 0) is 18.4 Å². The van der Waals surface area contributed by atoms with Crippen molar-refractivity contribution in [2.75, 3.05) is 52.4 Å². The first-order valence-corrected chi connectivity index (χ1v) is 14.5. The number of carbonyl (C=O) groups is 1. The lowest BCUT2D eigenvalue weighted by Gasteiger charge is -2.28. The van der Waals surface area contributed by atoms with Crippen LogP contribution in [0.2, 0.25) is 0 Å². The smallest absolute Gasteiger partial charge is 0.268 e. The van der Waals surface area contributed by atoms with Gasteiger partial charge in [0.25, 0.3) is 7.82 Å². The van der Waals surface area contributed by atoms with Gasteiger partial charge in [-0.15, -0.1) is 0 Å². The minimum atomic E-state index is -4.38. The first-order chi connectivity index (χ1) is 14.6. The third-order valence-electron chi connectivity index (χ3n) is 4.78. The summed E-state index contributed by atoms with van der Waals surface area (Å²) in [6.45, 7) is 4.89. The molecule has 0 saturated heterocycles. The zero-order valence-corrected chi connectivity index (χ0v) is 22.2. The number of carbonyl (C=O) groups excluding carboxylic acids is 1. The molecule has 0 fully saturated rings. The normalized spacial score (nSPS) is 14.9. The first-order valence-electron chi connectivity index (χ1n) is 11.9. The second-order valence-corrected chi connectivity index (χ2v) is 11.7. The van der Waals surface area contributed by atoms with E-state index in [1.165, 1.54) is 32.1 Å². The second-order valence-electron chi connectivity index (χ2n) is 9.15. The summed E-state index contributed by atoms with van der Waals surface area (Å²) in [4.78, 5) is 24.4. The maximum atomic E-state index is 12.3. The Labute approximate surface area is 195 Å². The Kier molecular flexibility index (Phi) is 18.3. The van der Waals surface area contributed by atoms with Gasteiger partial charge in [-0.2, -0.15) is 11.8 Å².